The third-order valence-corrected chi connectivity index (χ3v) is 6.34. The number of nitro benzene ring substituents is 1. The standard InChI is InChI=1S/C24H29N5O4/c1-17-7-5-9-22(25-17)26-23(30)18-8-6-14-28(16-18)24(31)20-15-19(29(32)33)10-11-21(20)27-12-3-2-4-13-27/h5,7,9-11,15,18H,2-4,6,8,12-14,16H2,1H3,(H,25,26,30). The second-order valence-corrected chi connectivity index (χ2v) is 8.75. The van der Waals surface area contributed by atoms with Crippen LogP contribution in [0.5, 0.6) is 0 Å². The number of non-ortho nitro benzene ring substituents is 1. The van der Waals surface area contributed by atoms with Crippen LogP contribution in [0.3, 0.4) is 0 Å². The smallest absolute Gasteiger partial charge is 0.270 e. The minimum atomic E-state index is -0.474. The molecule has 0 saturated carbocycles. The van der Waals surface area contributed by atoms with Crippen molar-refractivity contribution in [3.8, 4) is 0 Å². The van der Waals surface area contributed by atoms with Crippen LogP contribution < -0.4 is 10.2 Å². The molecule has 3 heterocycles. The summed E-state index contributed by atoms with van der Waals surface area (Å²) in [4.78, 5) is 45.4. The van der Waals surface area contributed by atoms with Crippen molar-refractivity contribution in [2.45, 2.75) is 39.0 Å². The molecule has 2 aliphatic rings. The fraction of sp³-hybridized carbons (Fsp3) is 0.458. The number of nitro groups is 1. The number of hydrogen-bond acceptors (Lipinski definition) is 6. The van der Waals surface area contributed by atoms with Gasteiger partial charge in [-0.05, 0) is 57.2 Å². The molecule has 2 aromatic rings. The van der Waals surface area contributed by atoms with Gasteiger partial charge in [-0.25, -0.2) is 4.98 Å². The number of rotatable bonds is 5. The van der Waals surface area contributed by atoms with Crippen LogP contribution in [-0.2, 0) is 4.79 Å². The minimum absolute atomic E-state index is 0.101. The molecule has 33 heavy (non-hydrogen) atoms. The maximum atomic E-state index is 13.5. The zero-order chi connectivity index (χ0) is 23.4. The summed E-state index contributed by atoms with van der Waals surface area (Å²) in [5, 5.41) is 14.2. The fourth-order valence-corrected chi connectivity index (χ4v) is 4.61. The largest absolute Gasteiger partial charge is 0.371 e. The van der Waals surface area contributed by atoms with Gasteiger partial charge in [0.15, 0.2) is 0 Å². The number of likely N-dealkylation sites (tertiary alicyclic amines) is 1. The monoisotopic (exact) mass is 451 g/mol. The Morgan fingerprint density at radius 1 is 1.09 bits per heavy atom. The number of anilines is 2. The third-order valence-electron chi connectivity index (χ3n) is 6.34. The number of piperidine rings is 2. The number of pyridine rings is 1. The minimum Gasteiger partial charge on any atom is -0.371 e. The Hall–Kier alpha value is -3.49. The molecule has 2 aliphatic heterocycles. The SMILES string of the molecule is Cc1cccc(NC(=O)C2CCCN(C(=O)c3cc([N+](=O)[O-])ccc3N3CCCCC3)C2)n1. The van der Waals surface area contributed by atoms with E-state index >= 15 is 0 Å². The Morgan fingerprint density at radius 3 is 2.61 bits per heavy atom. The van der Waals surface area contributed by atoms with Crippen molar-refractivity contribution < 1.29 is 14.5 Å². The predicted octanol–water partition coefficient (Wildman–Crippen LogP) is 3.78. The van der Waals surface area contributed by atoms with Gasteiger partial charge in [0.25, 0.3) is 11.6 Å². The van der Waals surface area contributed by atoms with Crippen molar-refractivity contribution in [3.63, 3.8) is 0 Å². The number of aromatic nitrogens is 1. The molecule has 4 rings (SSSR count). The molecular weight excluding hydrogens is 422 g/mol. The van der Waals surface area contributed by atoms with Gasteiger partial charge in [0.1, 0.15) is 5.82 Å². The Balaban J connectivity index is 1.53. The quantitative estimate of drug-likeness (QED) is 0.547. The molecule has 2 fully saturated rings. The normalized spacial score (nSPS) is 18.6. The zero-order valence-corrected chi connectivity index (χ0v) is 18.8. The van der Waals surface area contributed by atoms with Crippen LogP contribution >= 0.6 is 0 Å². The summed E-state index contributed by atoms with van der Waals surface area (Å²) in [6.45, 7) is 4.31. The van der Waals surface area contributed by atoms with Crippen molar-refractivity contribution in [1.82, 2.24) is 9.88 Å². The highest BCUT2D eigenvalue weighted by molar-refractivity contribution is 6.01. The maximum Gasteiger partial charge on any atom is 0.270 e. The van der Waals surface area contributed by atoms with Gasteiger partial charge in [-0.2, -0.15) is 0 Å². The predicted molar refractivity (Wildman–Crippen MR) is 125 cm³/mol. The Morgan fingerprint density at radius 2 is 1.88 bits per heavy atom. The summed E-state index contributed by atoms with van der Waals surface area (Å²) in [6.07, 6.45) is 4.58. The van der Waals surface area contributed by atoms with Crippen molar-refractivity contribution in [3.05, 3.63) is 57.8 Å². The number of nitrogens with one attached hydrogen (secondary N) is 1. The topological polar surface area (TPSA) is 109 Å². The van der Waals surface area contributed by atoms with Crippen LogP contribution in [-0.4, -0.2) is 52.8 Å². The van der Waals surface area contributed by atoms with Gasteiger partial charge < -0.3 is 15.1 Å². The number of nitrogens with zero attached hydrogens (tertiary/aromatic N) is 4. The first-order chi connectivity index (χ1) is 15.9. The van der Waals surface area contributed by atoms with E-state index in [0.29, 0.717) is 30.8 Å². The summed E-state index contributed by atoms with van der Waals surface area (Å²) < 4.78 is 0. The molecule has 1 N–H and O–H groups in total. The van der Waals surface area contributed by atoms with E-state index in [1.54, 1.807) is 17.0 Å². The van der Waals surface area contributed by atoms with E-state index in [-0.39, 0.29) is 30.0 Å². The number of hydrogen-bond donors (Lipinski definition) is 1. The molecule has 9 nitrogen and oxygen atoms in total. The lowest BCUT2D eigenvalue weighted by Gasteiger charge is -2.34. The van der Waals surface area contributed by atoms with Gasteiger partial charge in [-0.15, -0.1) is 0 Å². The van der Waals surface area contributed by atoms with Crippen LogP contribution in [0.2, 0.25) is 0 Å². The lowest BCUT2D eigenvalue weighted by atomic mass is 9.96. The summed E-state index contributed by atoms with van der Waals surface area (Å²) in [5.74, 6) is -0.289. The summed E-state index contributed by atoms with van der Waals surface area (Å²) in [7, 11) is 0. The van der Waals surface area contributed by atoms with E-state index in [4.69, 9.17) is 0 Å². The van der Waals surface area contributed by atoms with Crippen molar-refractivity contribution >= 4 is 29.0 Å². The first-order valence-corrected chi connectivity index (χ1v) is 11.5. The summed E-state index contributed by atoms with van der Waals surface area (Å²) >= 11 is 0. The molecule has 174 valence electrons. The average molecular weight is 452 g/mol. The molecular formula is C24H29N5O4. The first-order valence-electron chi connectivity index (χ1n) is 11.5. The zero-order valence-electron chi connectivity index (χ0n) is 18.8. The molecule has 1 aromatic carbocycles. The number of amides is 2. The van der Waals surface area contributed by atoms with E-state index in [1.807, 2.05) is 19.1 Å². The third kappa shape index (κ3) is 5.30. The van der Waals surface area contributed by atoms with E-state index < -0.39 is 4.92 Å². The van der Waals surface area contributed by atoms with Gasteiger partial charge in [-0.1, -0.05) is 6.07 Å². The molecule has 2 saturated heterocycles. The average Bonchev–Trinajstić information content (AvgIpc) is 2.84. The summed E-state index contributed by atoms with van der Waals surface area (Å²) in [6, 6.07) is 9.96. The second-order valence-electron chi connectivity index (χ2n) is 8.75. The molecule has 0 aliphatic carbocycles. The Labute approximate surface area is 192 Å². The van der Waals surface area contributed by atoms with Gasteiger partial charge >= 0.3 is 0 Å². The highest BCUT2D eigenvalue weighted by Gasteiger charge is 2.31. The van der Waals surface area contributed by atoms with Crippen LogP contribution in [0.15, 0.2) is 36.4 Å². The Bertz CT molecular complexity index is 1050. The van der Waals surface area contributed by atoms with E-state index in [1.165, 1.54) is 12.1 Å². The van der Waals surface area contributed by atoms with Crippen LogP contribution in [0.25, 0.3) is 0 Å². The van der Waals surface area contributed by atoms with Crippen molar-refractivity contribution in [1.29, 1.82) is 0 Å². The maximum absolute atomic E-state index is 13.5. The second kappa shape index (κ2) is 9.97. The molecule has 1 aromatic heterocycles. The lowest BCUT2D eigenvalue weighted by Crippen LogP contribution is -2.44. The van der Waals surface area contributed by atoms with Crippen LogP contribution in [0, 0.1) is 23.0 Å². The molecule has 1 unspecified atom stereocenters. The number of benzene rings is 1. The van der Waals surface area contributed by atoms with Crippen molar-refractivity contribution in [2.24, 2.45) is 5.92 Å². The molecule has 9 heteroatoms. The van der Waals surface area contributed by atoms with Gasteiger partial charge in [-0.3, -0.25) is 19.7 Å². The van der Waals surface area contributed by atoms with E-state index in [9.17, 15) is 19.7 Å². The molecule has 2 amide bonds. The van der Waals surface area contributed by atoms with Crippen molar-refractivity contribution in [2.75, 3.05) is 36.4 Å². The highest BCUT2D eigenvalue weighted by Crippen LogP contribution is 2.30. The lowest BCUT2D eigenvalue weighted by molar-refractivity contribution is -0.384. The molecule has 0 radical (unpaired) electrons. The van der Waals surface area contributed by atoms with Crippen LogP contribution in [0.1, 0.15) is 48.2 Å². The summed E-state index contributed by atoms with van der Waals surface area (Å²) in [5.41, 5.74) is 1.79. The van der Waals surface area contributed by atoms with Crippen LogP contribution in [0.4, 0.5) is 17.2 Å². The van der Waals surface area contributed by atoms with E-state index in [2.05, 4.69) is 15.2 Å². The molecule has 1 atom stereocenters. The van der Waals surface area contributed by atoms with E-state index in [0.717, 1.165) is 43.7 Å². The molecule has 0 spiro atoms. The number of aryl methyl sites for hydroxylation is 1. The highest BCUT2D eigenvalue weighted by atomic mass is 16.6. The Kier molecular flexibility index (Phi) is 6.86. The first kappa shape index (κ1) is 22.7. The number of carbonyl (C=O) groups excluding carboxylic acids is 2. The van der Waals surface area contributed by atoms with Gasteiger partial charge in [0.05, 0.1) is 22.1 Å². The molecule has 0 bridgehead atoms. The van der Waals surface area contributed by atoms with Gasteiger partial charge in [0, 0.05) is 44.0 Å². The fourth-order valence-electron chi connectivity index (χ4n) is 4.61. The number of carbonyl (C=O) groups is 2. The van der Waals surface area contributed by atoms with Gasteiger partial charge in [0.2, 0.25) is 5.91 Å².